The van der Waals surface area contributed by atoms with Gasteiger partial charge in [-0.1, -0.05) is 29.3 Å². The molecule has 2 heterocycles. The first-order valence-corrected chi connectivity index (χ1v) is 8.41. The van der Waals surface area contributed by atoms with Crippen LogP contribution in [0.2, 0.25) is 10.0 Å². The molecule has 6 nitrogen and oxygen atoms in total. The number of ether oxygens (including phenoxy) is 1. The average Bonchev–Trinajstić information content (AvgIpc) is 2.96. The summed E-state index contributed by atoms with van der Waals surface area (Å²) in [6, 6.07) is 5.69. The summed E-state index contributed by atoms with van der Waals surface area (Å²) < 4.78 is 7.71. The molecule has 23 heavy (non-hydrogen) atoms. The second kappa shape index (κ2) is 7.57. The fourth-order valence-electron chi connectivity index (χ4n) is 2.72. The van der Waals surface area contributed by atoms with E-state index in [2.05, 4.69) is 20.4 Å². The summed E-state index contributed by atoms with van der Waals surface area (Å²) in [6.07, 6.45) is 1.04. The quantitative estimate of drug-likeness (QED) is 0.825. The maximum absolute atomic E-state index is 6.10. The molecule has 0 amide bonds. The van der Waals surface area contributed by atoms with Crippen LogP contribution in [0.5, 0.6) is 0 Å². The van der Waals surface area contributed by atoms with Crippen molar-refractivity contribution in [2.45, 2.75) is 26.0 Å². The van der Waals surface area contributed by atoms with E-state index >= 15 is 0 Å². The minimum Gasteiger partial charge on any atom is -0.371 e. The smallest absolute Gasteiger partial charge is 0.148 e. The van der Waals surface area contributed by atoms with Gasteiger partial charge in [0.1, 0.15) is 5.82 Å². The molecule has 1 aliphatic heterocycles. The molecule has 1 atom stereocenters. The van der Waals surface area contributed by atoms with Crippen molar-refractivity contribution in [1.82, 2.24) is 25.1 Å². The molecule has 8 heteroatoms. The molecule has 0 radical (unpaired) electrons. The van der Waals surface area contributed by atoms with Crippen molar-refractivity contribution in [2.75, 3.05) is 26.2 Å². The van der Waals surface area contributed by atoms with E-state index in [-0.39, 0.29) is 6.10 Å². The van der Waals surface area contributed by atoms with E-state index < -0.39 is 0 Å². The first-order chi connectivity index (χ1) is 11.1. The lowest BCUT2D eigenvalue weighted by Crippen LogP contribution is -2.39. The van der Waals surface area contributed by atoms with Gasteiger partial charge in [-0.05, 0) is 41.5 Å². The van der Waals surface area contributed by atoms with Crippen LogP contribution >= 0.6 is 23.2 Å². The zero-order valence-corrected chi connectivity index (χ0v) is 14.5. The van der Waals surface area contributed by atoms with Crippen molar-refractivity contribution in [3.05, 3.63) is 39.6 Å². The molecule has 0 spiro atoms. The maximum Gasteiger partial charge on any atom is 0.148 e. The van der Waals surface area contributed by atoms with E-state index in [9.17, 15) is 0 Å². The topological polar surface area (TPSA) is 56.1 Å². The maximum atomic E-state index is 6.10. The Morgan fingerprint density at radius 1 is 1.26 bits per heavy atom. The van der Waals surface area contributed by atoms with E-state index in [0.29, 0.717) is 10.0 Å². The summed E-state index contributed by atoms with van der Waals surface area (Å²) in [5.41, 5.74) is 1.07. The van der Waals surface area contributed by atoms with Crippen molar-refractivity contribution in [1.29, 1.82) is 0 Å². The number of tetrazole rings is 1. The number of rotatable bonds is 5. The van der Waals surface area contributed by atoms with Crippen molar-refractivity contribution in [3.63, 3.8) is 0 Å². The van der Waals surface area contributed by atoms with Gasteiger partial charge in [0.2, 0.25) is 0 Å². The van der Waals surface area contributed by atoms with Crippen molar-refractivity contribution in [2.24, 2.45) is 0 Å². The van der Waals surface area contributed by atoms with Gasteiger partial charge < -0.3 is 4.74 Å². The van der Waals surface area contributed by atoms with Crippen LogP contribution in [0.3, 0.4) is 0 Å². The molecule has 3 rings (SSSR count). The first kappa shape index (κ1) is 16.6. The van der Waals surface area contributed by atoms with Gasteiger partial charge in [0.25, 0.3) is 0 Å². The third-order valence-electron chi connectivity index (χ3n) is 4.02. The minimum absolute atomic E-state index is 0.0355. The Kier molecular flexibility index (Phi) is 5.48. The Bertz CT molecular complexity index is 663. The average molecular weight is 356 g/mol. The Labute approximate surface area is 145 Å². The van der Waals surface area contributed by atoms with E-state index in [1.807, 2.05) is 29.8 Å². The fourth-order valence-corrected chi connectivity index (χ4v) is 3.03. The molecule has 1 saturated heterocycles. The zero-order valence-electron chi connectivity index (χ0n) is 13.0. The molecule has 1 fully saturated rings. The van der Waals surface area contributed by atoms with E-state index in [1.54, 1.807) is 0 Å². The van der Waals surface area contributed by atoms with Gasteiger partial charge in [-0.2, -0.15) is 0 Å². The Balaban J connectivity index is 1.53. The number of benzene rings is 1. The van der Waals surface area contributed by atoms with E-state index in [0.717, 1.165) is 50.6 Å². The Morgan fingerprint density at radius 2 is 2.13 bits per heavy atom. The molecular formula is C15H19Cl2N5O. The monoisotopic (exact) mass is 355 g/mol. The summed E-state index contributed by atoms with van der Waals surface area (Å²) in [7, 11) is 0. The molecule has 0 unspecified atom stereocenters. The number of hydrogen-bond donors (Lipinski definition) is 0. The highest BCUT2D eigenvalue weighted by Crippen LogP contribution is 2.29. The molecule has 0 aliphatic carbocycles. The van der Waals surface area contributed by atoms with Crippen LogP contribution < -0.4 is 0 Å². The molecular weight excluding hydrogens is 337 g/mol. The predicted octanol–water partition coefficient (Wildman–Crippen LogP) is 2.75. The van der Waals surface area contributed by atoms with Crippen LogP contribution in [0.25, 0.3) is 0 Å². The van der Waals surface area contributed by atoms with Gasteiger partial charge in [0, 0.05) is 26.2 Å². The normalized spacial score (nSPS) is 19.2. The highest BCUT2D eigenvalue weighted by Gasteiger charge is 2.22. The van der Waals surface area contributed by atoms with Gasteiger partial charge in [0.15, 0.2) is 0 Å². The Morgan fingerprint density at radius 3 is 2.87 bits per heavy atom. The number of morpholine rings is 1. The van der Waals surface area contributed by atoms with Gasteiger partial charge in [-0.15, -0.1) is 5.10 Å². The molecule has 1 aromatic carbocycles. The van der Waals surface area contributed by atoms with Crippen LogP contribution in [0.4, 0.5) is 0 Å². The van der Waals surface area contributed by atoms with Crippen molar-refractivity contribution < 1.29 is 4.74 Å². The zero-order chi connectivity index (χ0) is 16.2. The van der Waals surface area contributed by atoms with Crippen molar-refractivity contribution >= 4 is 23.2 Å². The van der Waals surface area contributed by atoms with E-state index in [1.165, 1.54) is 0 Å². The lowest BCUT2D eigenvalue weighted by Gasteiger charge is -2.33. The van der Waals surface area contributed by atoms with Gasteiger partial charge >= 0.3 is 0 Å². The molecule has 0 bridgehead atoms. The SMILES string of the molecule is Cc1nnnn1CCCN1CCO[C@@H](c2ccc(Cl)c(Cl)c2)C1. The van der Waals surface area contributed by atoms with Crippen LogP contribution in [0.15, 0.2) is 18.2 Å². The van der Waals surface area contributed by atoms with Crippen LogP contribution in [-0.2, 0) is 11.3 Å². The number of halogens is 2. The first-order valence-electron chi connectivity index (χ1n) is 7.65. The van der Waals surface area contributed by atoms with Crippen molar-refractivity contribution in [3.8, 4) is 0 Å². The standard InChI is InChI=1S/C15H19Cl2N5O/c1-11-18-19-20-22(11)6-2-5-21-7-8-23-15(10-21)12-3-4-13(16)14(17)9-12/h3-4,9,15H,2,5-8,10H2,1H3/t15-/m1/s1. The molecule has 0 saturated carbocycles. The largest absolute Gasteiger partial charge is 0.371 e. The summed E-state index contributed by atoms with van der Waals surface area (Å²) in [5, 5.41) is 12.7. The Hall–Kier alpha value is -1.21. The van der Waals surface area contributed by atoms with Crippen LogP contribution in [0, 0.1) is 6.92 Å². The van der Waals surface area contributed by atoms with Gasteiger partial charge in [0.05, 0.1) is 22.8 Å². The predicted molar refractivity (Wildman–Crippen MR) is 88.8 cm³/mol. The second-order valence-electron chi connectivity index (χ2n) is 5.64. The van der Waals surface area contributed by atoms with Crippen LogP contribution in [-0.4, -0.2) is 51.3 Å². The summed E-state index contributed by atoms with van der Waals surface area (Å²) in [6.45, 7) is 6.23. The third-order valence-corrected chi connectivity index (χ3v) is 4.76. The number of hydrogen-bond acceptors (Lipinski definition) is 5. The third kappa shape index (κ3) is 4.20. The minimum atomic E-state index is 0.0355. The molecule has 1 aromatic heterocycles. The lowest BCUT2D eigenvalue weighted by atomic mass is 10.1. The second-order valence-corrected chi connectivity index (χ2v) is 6.45. The number of nitrogens with zero attached hydrogens (tertiary/aromatic N) is 5. The molecule has 124 valence electrons. The lowest BCUT2D eigenvalue weighted by molar-refractivity contribution is -0.0305. The summed E-state index contributed by atoms with van der Waals surface area (Å²) >= 11 is 12.1. The number of aromatic nitrogens is 4. The summed E-state index contributed by atoms with van der Waals surface area (Å²) in [4.78, 5) is 2.40. The molecule has 0 N–H and O–H groups in total. The van der Waals surface area contributed by atoms with E-state index in [4.69, 9.17) is 27.9 Å². The molecule has 2 aromatic rings. The summed E-state index contributed by atoms with van der Waals surface area (Å²) in [5.74, 6) is 0.848. The van der Waals surface area contributed by atoms with Gasteiger partial charge in [-0.3, -0.25) is 4.90 Å². The number of aryl methyl sites for hydroxylation is 2. The van der Waals surface area contributed by atoms with Crippen LogP contribution in [0.1, 0.15) is 23.9 Å². The molecule has 1 aliphatic rings. The highest BCUT2D eigenvalue weighted by atomic mass is 35.5. The van der Waals surface area contributed by atoms with Gasteiger partial charge in [-0.25, -0.2) is 4.68 Å². The fraction of sp³-hybridized carbons (Fsp3) is 0.533. The highest BCUT2D eigenvalue weighted by molar-refractivity contribution is 6.42.